The number of nitrogens with zero attached hydrogens (tertiary/aromatic N) is 3. The van der Waals surface area contributed by atoms with E-state index in [1.165, 1.54) is 6.26 Å². The third-order valence-electron chi connectivity index (χ3n) is 4.30. The van der Waals surface area contributed by atoms with Crippen LogP contribution < -0.4 is 0 Å². The third-order valence-corrected chi connectivity index (χ3v) is 4.30. The second kappa shape index (κ2) is 7.37. The Kier molecular flexibility index (Phi) is 5.02. The van der Waals surface area contributed by atoms with Crippen LogP contribution >= 0.6 is 0 Å². The van der Waals surface area contributed by atoms with Crippen molar-refractivity contribution in [2.45, 2.75) is 12.8 Å². The molecule has 0 bridgehead atoms. The number of piperazine rings is 1. The molecule has 8 nitrogen and oxygen atoms in total. The molecule has 0 unspecified atom stereocenters. The number of hydrogen-bond acceptors (Lipinski definition) is 5. The molecule has 1 aromatic rings. The van der Waals surface area contributed by atoms with Gasteiger partial charge in [0.1, 0.15) is 0 Å². The normalized spacial score (nSPS) is 18.5. The van der Waals surface area contributed by atoms with Crippen LogP contribution in [0.1, 0.15) is 23.4 Å². The van der Waals surface area contributed by atoms with Gasteiger partial charge >= 0.3 is 6.09 Å². The van der Waals surface area contributed by atoms with Gasteiger partial charge in [0.2, 0.25) is 5.91 Å². The monoisotopic (exact) mass is 335 g/mol. The Morgan fingerprint density at radius 3 is 2.50 bits per heavy atom. The smallest absolute Gasteiger partial charge is 0.409 e. The van der Waals surface area contributed by atoms with Crippen molar-refractivity contribution in [3.63, 3.8) is 0 Å². The standard InChI is InChI=1S/C16H21N3O5/c20-14(4-6-19-5-2-12-24-16(19)22)17-7-9-18(10-8-17)15(21)13-3-1-11-23-13/h1,3,11H,2,4-10,12H2. The Morgan fingerprint density at radius 2 is 1.83 bits per heavy atom. The highest BCUT2D eigenvalue weighted by Crippen LogP contribution is 2.11. The summed E-state index contributed by atoms with van der Waals surface area (Å²) in [4.78, 5) is 41.0. The van der Waals surface area contributed by atoms with Crippen LogP contribution in [0.25, 0.3) is 0 Å². The van der Waals surface area contributed by atoms with E-state index in [0.717, 1.165) is 6.42 Å². The van der Waals surface area contributed by atoms with Gasteiger partial charge in [0.25, 0.3) is 5.91 Å². The zero-order chi connectivity index (χ0) is 16.9. The van der Waals surface area contributed by atoms with Crippen molar-refractivity contribution in [1.82, 2.24) is 14.7 Å². The molecule has 3 heterocycles. The van der Waals surface area contributed by atoms with Crippen LogP contribution in [0, 0.1) is 0 Å². The number of carbonyl (C=O) groups is 3. The Balaban J connectivity index is 1.43. The highest BCUT2D eigenvalue weighted by Gasteiger charge is 2.27. The SMILES string of the molecule is O=C(CCN1CCCOC1=O)N1CCN(C(=O)c2ccco2)CC1. The third kappa shape index (κ3) is 3.69. The maximum Gasteiger partial charge on any atom is 0.409 e. The summed E-state index contributed by atoms with van der Waals surface area (Å²) in [5.74, 6) is 0.167. The first-order valence-electron chi connectivity index (χ1n) is 8.17. The van der Waals surface area contributed by atoms with Crippen molar-refractivity contribution in [1.29, 1.82) is 0 Å². The Bertz CT molecular complexity index is 593. The predicted molar refractivity (Wildman–Crippen MR) is 83.3 cm³/mol. The molecule has 3 rings (SSSR count). The van der Waals surface area contributed by atoms with E-state index in [1.54, 1.807) is 26.8 Å². The maximum atomic E-state index is 12.3. The fourth-order valence-electron chi connectivity index (χ4n) is 2.90. The minimum Gasteiger partial charge on any atom is -0.459 e. The Hall–Kier alpha value is -2.51. The molecule has 0 aliphatic carbocycles. The van der Waals surface area contributed by atoms with E-state index in [9.17, 15) is 14.4 Å². The number of amides is 3. The van der Waals surface area contributed by atoms with Crippen molar-refractivity contribution < 1.29 is 23.5 Å². The molecule has 0 N–H and O–H groups in total. The van der Waals surface area contributed by atoms with E-state index in [2.05, 4.69) is 0 Å². The fraction of sp³-hybridized carbons (Fsp3) is 0.562. The van der Waals surface area contributed by atoms with E-state index in [1.807, 2.05) is 0 Å². The van der Waals surface area contributed by atoms with Gasteiger partial charge in [-0.15, -0.1) is 0 Å². The van der Waals surface area contributed by atoms with Gasteiger partial charge in [0, 0.05) is 45.7 Å². The van der Waals surface area contributed by atoms with Gasteiger partial charge in [-0.3, -0.25) is 9.59 Å². The van der Waals surface area contributed by atoms with E-state index in [4.69, 9.17) is 9.15 Å². The number of rotatable bonds is 4. The molecule has 130 valence electrons. The van der Waals surface area contributed by atoms with Crippen LogP contribution in [-0.2, 0) is 9.53 Å². The first kappa shape index (κ1) is 16.4. The average Bonchev–Trinajstić information content (AvgIpc) is 3.15. The number of carbonyl (C=O) groups excluding carboxylic acids is 3. The number of cyclic esters (lactones) is 1. The average molecular weight is 335 g/mol. The molecular formula is C16H21N3O5. The summed E-state index contributed by atoms with van der Waals surface area (Å²) < 4.78 is 10.1. The lowest BCUT2D eigenvalue weighted by Gasteiger charge is -2.35. The van der Waals surface area contributed by atoms with Crippen molar-refractivity contribution in [3.05, 3.63) is 24.2 Å². The van der Waals surface area contributed by atoms with Crippen molar-refractivity contribution in [2.24, 2.45) is 0 Å². The van der Waals surface area contributed by atoms with Gasteiger partial charge in [0.05, 0.1) is 12.9 Å². The van der Waals surface area contributed by atoms with Crippen LogP contribution in [0.15, 0.2) is 22.8 Å². The summed E-state index contributed by atoms with van der Waals surface area (Å²) >= 11 is 0. The first-order valence-corrected chi connectivity index (χ1v) is 8.17. The lowest BCUT2D eigenvalue weighted by molar-refractivity contribution is -0.133. The second-order valence-electron chi connectivity index (χ2n) is 5.86. The highest BCUT2D eigenvalue weighted by molar-refractivity contribution is 5.91. The lowest BCUT2D eigenvalue weighted by Crippen LogP contribution is -2.51. The molecule has 2 saturated heterocycles. The second-order valence-corrected chi connectivity index (χ2v) is 5.86. The summed E-state index contributed by atoms with van der Waals surface area (Å²) in [7, 11) is 0. The van der Waals surface area contributed by atoms with Crippen molar-refractivity contribution in [2.75, 3.05) is 45.9 Å². The summed E-state index contributed by atoms with van der Waals surface area (Å²) in [5, 5.41) is 0. The van der Waals surface area contributed by atoms with E-state index < -0.39 is 0 Å². The van der Waals surface area contributed by atoms with E-state index in [-0.39, 0.29) is 24.3 Å². The predicted octanol–water partition coefficient (Wildman–Crippen LogP) is 0.796. The zero-order valence-electron chi connectivity index (χ0n) is 13.5. The summed E-state index contributed by atoms with van der Waals surface area (Å²) in [6.07, 6.45) is 2.20. The van der Waals surface area contributed by atoms with Gasteiger partial charge in [-0.2, -0.15) is 0 Å². The molecule has 2 aliphatic rings. The van der Waals surface area contributed by atoms with Crippen LogP contribution in [-0.4, -0.2) is 78.5 Å². The summed E-state index contributed by atoms with van der Waals surface area (Å²) in [5.41, 5.74) is 0. The van der Waals surface area contributed by atoms with Crippen molar-refractivity contribution >= 4 is 17.9 Å². The van der Waals surface area contributed by atoms with Gasteiger partial charge < -0.3 is 23.9 Å². The fourth-order valence-corrected chi connectivity index (χ4v) is 2.90. The first-order chi connectivity index (χ1) is 11.6. The Labute approximate surface area is 139 Å². The van der Waals surface area contributed by atoms with Crippen molar-refractivity contribution in [3.8, 4) is 0 Å². The largest absolute Gasteiger partial charge is 0.459 e. The molecular weight excluding hydrogens is 314 g/mol. The van der Waals surface area contributed by atoms with Crippen LogP contribution in [0.2, 0.25) is 0 Å². The maximum absolute atomic E-state index is 12.3. The van der Waals surface area contributed by atoms with E-state index >= 15 is 0 Å². The molecule has 0 spiro atoms. The van der Waals surface area contributed by atoms with Crippen LogP contribution in [0.4, 0.5) is 4.79 Å². The molecule has 2 fully saturated rings. The zero-order valence-corrected chi connectivity index (χ0v) is 13.5. The minimum absolute atomic E-state index is 0.00142. The van der Waals surface area contributed by atoms with Crippen LogP contribution in [0.5, 0.6) is 0 Å². The summed E-state index contributed by atoms with van der Waals surface area (Å²) in [6, 6.07) is 3.32. The number of ether oxygens (including phenoxy) is 1. The van der Waals surface area contributed by atoms with Gasteiger partial charge in [-0.1, -0.05) is 0 Å². The van der Waals surface area contributed by atoms with Crippen LogP contribution in [0.3, 0.4) is 0 Å². The molecule has 1 aromatic heterocycles. The van der Waals surface area contributed by atoms with Gasteiger partial charge in [-0.05, 0) is 18.6 Å². The molecule has 3 amide bonds. The topological polar surface area (TPSA) is 83.3 Å². The molecule has 0 aromatic carbocycles. The quantitative estimate of drug-likeness (QED) is 0.812. The molecule has 8 heteroatoms. The molecule has 0 radical (unpaired) electrons. The molecule has 0 atom stereocenters. The summed E-state index contributed by atoms with van der Waals surface area (Å²) in [6.45, 7) is 3.43. The lowest BCUT2D eigenvalue weighted by atomic mass is 10.2. The highest BCUT2D eigenvalue weighted by atomic mass is 16.6. The molecule has 0 saturated carbocycles. The van der Waals surface area contributed by atoms with E-state index in [0.29, 0.717) is 51.6 Å². The van der Waals surface area contributed by atoms with Gasteiger partial charge in [0.15, 0.2) is 5.76 Å². The number of furan rings is 1. The Morgan fingerprint density at radius 1 is 1.08 bits per heavy atom. The van der Waals surface area contributed by atoms with Gasteiger partial charge in [-0.25, -0.2) is 4.79 Å². The number of hydrogen-bond donors (Lipinski definition) is 0. The minimum atomic E-state index is -0.345. The molecule has 2 aliphatic heterocycles. The molecule has 24 heavy (non-hydrogen) atoms.